The summed E-state index contributed by atoms with van der Waals surface area (Å²) in [4.78, 5) is 9.65. The summed E-state index contributed by atoms with van der Waals surface area (Å²) in [7, 11) is -3.98. The van der Waals surface area contributed by atoms with E-state index >= 15 is 0 Å². The fraction of sp³-hybridized carbons (Fsp3) is 0.333. The molecule has 1 aromatic carbocycles. The van der Waals surface area contributed by atoms with Crippen LogP contribution >= 0.6 is 0 Å². The number of hydrogen-bond donors (Lipinski definition) is 2. The summed E-state index contributed by atoms with van der Waals surface area (Å²) in [5.74, 6) is 0. The average Bonchev–Trinajstić information content (AvgIpc) is 2.25. The number of benzene rings is 1. The Kier molecular flexibility index (Phi) is 4.16. The Morgan fingerprint density at radius 1 is 1.47 bits per heavy atom. The molecule has 0 aliphatic carbocycles. The monoisotopic (exact) mass is 260 g/mol. The van der Waals surface area contributed by atoms with Gasteiger partial charge in [0.15, 0.2) is 4.90 Å². The van der Waals surface area contributed by atoms with E-state index in [-0.39, 0.29) is 23.6 Å². The average molecular weight is 260 g/mol. The van der Waals surface area contributed by atoms with Crippen LogP contribution in [0.15, 0.2) is 23.1 Å². The van der Waals surface area contributed by atoms with Crippen molar-refractivity contribution in [2.24, 2.45) is 0 Å². The number of nitrogens with zero attached hydrogens (tertiary/aromatic N) is 1. The topological polar surface area (TPSA) is 110 Å². The lowest BCUT2D eigenvalue weighted by molar-refractivity contribution is -0.387. The van der Waals surface area contributed by atoms with Crippen molar-refractivity contribution in [3.8, 4) is 0 Å². The standard InChI is InChI=1S/C9H12N2O5S/c1-7-3-2-4-8(11(13)14)9(7)17(15,16)10-5-6-12/h2-4,10,12H,5-6H2,1H3. The molecule has 0 saturated heterocycles. The van der Waals surface area contributed by atoms with E-state index < -0.39 is 20.6 Å². The van der Waals surface area contributed by atoms with Gasteiger partial charge in [-0.1, -0.05) is 12.1 Å². The molecule has 1 rings (SSSR count). The molecular formula is C9H12N2O5S. The molecule has 0 aliphatic rings. The molecule has 0 spiro atoms. The number of aliphatic hydroxyl groups excluding tert-OH is 1. The molecule has 8 heteroatoms. The van der Waals surface area contributed by atoms with Crippen molar-refractivity contribution >= 4 is 15.7 Å². The van der Waals surface area contributed by atoms with E-state index in [1.54, 1.807) is 0 Å². The number of sulfonamides is 1. The Morgan fingerprint density at radius 3 is 2.65 bits per heavy atom. The number of aryl methyl sites for hydroxylation is 1. The lowest BCUT2D eigenvalue weighted by atomic mass is 10.2. The summed E-state index contributed by atoms with van der Waals surface area (Å²) in [5.41, 5.74) is -0.194. The molecule has 0 heterocycles. The predicted octanol–water partition coefficient (Wildman–Crippen LogP) is 0.174. The van der Waals surface area contributed by atoms with Crippen LogP contribution in [-0.4, -0.2) is 31.6 Å². The van der Waals surface area contributed by atoms with Crippen LogP contribution in [0.3, 0.4) is 0 Å². The lowest BCUT2D eigenvalue weighted by Crippen LogP contribution is -2.27. The Bertz CT molecular complexity index is 526. The molecule has 7 nitrogen and oxygen atoms in total. The van der Waals surface area contributed by atoms with Crippen LogP contribution in [0.25, 0.3) is 0 Å². The number of nitrogens with one attached hydrogen (secondary N) is 1. The summed E-state index contributed by atoms with van der Waals surface area (Å²) < 4.78 is 25.7. The molecule has 17 heavy (non-hydrogen) atoms. The lowest BCUT2D eigenvalue weighted by Gasteiger charge is -2.08. The molecule has 0 aromatic heterocycles. The van der Waals surface area contributed by atoms with E-state index in [0.717, 1.165) is 6.07 Å². The molecule has 0 fully saturated rings. The first-order valence-corrected chi connectivity index (χ1v) is 6.23. The van der Waals surface area contributed by atoms with Gasteiger partial charge in [-0.25, -0.2) is 13.1 Å². The zero-order valence-electron chi connectivity index (χ0n) is 9.08. The summed E-state index contributed by atoms with van der Waals surface area (Å²) in [6, 6.07) is 4.01. The van der Waals surface area contributed by atoms with Gasteiger partial charge >= 0.3 is 0 Å². The SMILES string of the molecule is Cc1cccc([N+](=O)[O-])c1S(=O)(=O)NCCO. The highest BCUT2D eigenvalue weighted by Gasteiger charge is 2.27. The Hall–Kier alpha value is -1.51. The minimum Gasteiger partial charge on any atom is -0.395 e. The van der Waals surface area contributed by atoms with Crippen molar-refractivity contribution in [3.05, 3.63) is 33.9 Å². The highest BCUT2D eigenvalue weighted by Crippen LogP contribution is 2.26. The van der Waals surface area contributed by atoms with E-state index in [9.17, 15) is 18.5 Å². The quantitative estimate of drug-likeness (QED) is 0.579. The van der Waals surface area contributed by atoms with E-state index in [1.165, 1.54) is 19.1 Å². The maximum atomic E-state index is 11.8. The summed E-state index contributed by atoms with van der Waals surface area (Å²) in [6.07, 6.45) is 0. The Balaban J connectivity index is 3.34. The first-order chi connectivity index (χ1) is 7.90. The van der Waals surface area contributed by atoms with Gasteiger partial charge in [0.2, 0.25) is 10.0 Å². The third-order valence-corrected chi connectivity index (χ3v) is 3.71. The van der Waals surface area contributed by atoms with Gasteiger partial charge in [-0.3, -0.25) is 10.1 Å². The van der Waals surface area contributed by atoms with Crippen LogP contribution < -0.4 is 4.72 Å². The predicted molar refractivity (Wildman–Crippen MR) is 60.1 cm³/mol. The number of nitro benzene ring substituents is 1. The van der Waals surface area contributed by atoms with Crippen molar-refractivity contribution < 1.29 is 18.4 Å². The van der Waals surface area contributed by atoms with Gasteiger partial charge in [0.25, 0.3) is 5.69 Å². The fourth-order valence-electron chi connectivity index (χ4n) is 1.38. The smallest absolute Gasteiger partial charge is 0.289 e. The summed E-state index contributed by atoms with van der Waals surface area (Å²) in [5, 5.41) is 19.3. The highest BCUT2D eigenvalue weighted by molar-refractivity contribution is 7.89. The largest absolute Gasteiger partial charge is 0.395 e. The summed E-state index contributed by atoms with van der Waals surface area (Å²) >= 11 is 0. The molecule has 0 aliphatic heterocycles. The van der Waals surface area contributed by atoms with Crippen molar-refractivity contribution in [2.75, 3.05) is 13.2 Å². The molecule has 0 bridgehead atoms. The second-order valence-corrected chi connectivity index (χ2v) is 5.01. The third-order valence-electron chi connectivity index (χ3n) is 2.06. The normalized spacial score (nSPS) is 11.4. The fourth-order valence-corrected chi connectivity index (χ4v) is 2.80. The molecule has 0 unspecified atom stereocenters. The third kappa shape index (κ3) is 2.99. The van der Waals surface area contributed by atoms with Crippen LogP contribution in [0.4, 0.5) is 5.69 Å². The van der Waals surface area contributed by atoms with Gasteiger partial charge in [0.05, 0.1) is 11.5 Å². The number of nitro groups is 1. The van der Waals surface area contributed by atoms with Gasteiger partial charge in [-0.15, -0.1) is 0 Å². The minimum atomic E-state index is -3.98. The number of rotatable bonds is 5. The number of hydrogen-bond acceptors (Lipinski definition) is 5. The Morgan fingerprint density at radius 2 is 2.12 bits per heavy atom. The molecule has 0 amide bonds. The van der Waals surface area contributed by atoms with Gasteiger partial charge in [-0.2, -0.15) is 0 Å². The minimum absolute atomic E-state index is 0.187. The number of aliphatic hydroxyl groups is 1. The molecule has 0 saturated carbocycles. The zero-order chi connectivity index (χ0) is 13.1. The second kappa shape index (κ2) is 5.21. The Labute approximate surface area is 98.3 Å². The van der Waals surface area contributed by atoms with Crippen LogP contribution in [0, 0.1) is 17.0 Å². The van der Waals surface area contributed by atoms with Gasteiger partial charge in [-0.05, 0) is 12.5 Å². The maximum absolute atomic E-state index is 11.8. The van der Waals surface area contributed by atoms with Crippen molar-refractivity contribution in [1.29, 1.82) is 0 Å². The molecule has 94 valence electrons. The molecular weight excluding hydrogens is 248 g/mol. The van der Waals surface area contributed by atoms with Crippen LogP contribution in [0.1, 0.15) is 5.56 Å². The van der Waals surface area contributed by atoms with Gasteiger partial charge < -0.3 is 5.11 Å². The maximum Gasteiger partial charge on any atom is 0.289 e. The highest BCUT2D eigenvalue weighted by atomic mass is 32.2. The van der Waals surface area contributed by atoms with Crippen LogP contribution in [-0.2, 0) is 10.0 Å². The van der Waals surface area contributed by atoms with E-state index in [2.05, 4.69) is 4.72 Å². The molecule has 1 aromatic rings. The van der Waals surface area contributed by atoms with Gasteiger partial charge in [0, 0.05) is 12.6 Å². The molecule has 0 atom stereocenters. The van der Waals surface area contributed by atoms with Crippen molar-refractivity contribution in [1.82, 2.24) is 4.72 Å². The first kappa shape index (κ1) is 13.6. The second-order valence-electron chi connectivity index (χ2n) is 3.30. The molecule has 2 N–H and O–H groups in total. The van der Waals surface area contributed by atoms with E-state index in [0.29, 0.717) is 0 Å². The van der Waals surface area contributed by atoms with Gasteiger partial charge in [0.1, 0.15) is 0 Å². The van der Waals surface area contributed by atoms with Crippen LogP contribution in [0.2, 0.25) is 0 Å². The van der Waals surface area contributed by atoms with E-state index in [1.807, 2.05) is 0 Å². The summed E-state index contributed by atoms with van der Waals surface area (Å²) in [6.45, 7) is 0.910. The van der Waals surface area contributed by atoms with Crippen molar-refractivity contribution in [3.63, 3.8) is 0 Å². The van der Waals surface area contributed by atoms with Crippen LogP contribution in [0.5, 0.6) is 0 Å². The first-order valence-electron chi connectivity index (χ1n) is 4.74. The zero-order valence-corrected chi connectivity index (χ0v) is 9.90. The molecule has 0 radical (unpaired) electrons. The van der Waals surface area contributed by atoms with Crippen molar-refractivity contribution in [2.45, 2.75) is 11.8 Å². The van der Waals surface area contributed by atoms with E-state index in [4.69, 9.17) is 5.11 Å².